The topological polar surface area (TPSA) is 55.4 Å². The molecular weight excluding hydrogens is 286 g/mol. The van der Waals surface area contributed by atoms with Crippen LogP contribution in [0.4, 0.5) is 0 Å². The molecule has 0 aromatic heterocycles. The van der Waals surface area contributed by atoms with E-state index in [1.54, 1.807) is 0 Å². The number of rotatable bonds is 5. The third-order valence-electron chi connectivity index (χ3n) is 4.03. The average molecular weight is 309 g/mol. The van der Waals surface area contributed by atoms with Crippen LogP contribution in [0.15, 0.2) is 4.90 Å². The summed E-state index contributed by atoms with van der Waals surface area (Å²) in [7, 11) is -2.21. The van der Waals surface area contributed by atoms with Gasteiger partial charge in [-0.05, 0) is 62.4 Å². The van der Waals surface area contributed by atoms with Crippen LogP contribution in [-0.4, -0.2) is 28.2 Å². The first kappa shape index (κ1) is 17.7. The highest BCUT2D eigenvalue weighted by Gasteiger charge is 2.25. The molecule has 0 aliphatic heterocycles. The lowest BCUT2D eigenvalue weighted by molar-refractivity contribution is 0.190. The first-order valence-corrected chi connectivity index (χ1v) is 8.20. The Labute approximate surface area is 128 Å². The zero-order valence-corrected chi connectivity index (χ0v) is 14.3. The number of methoxy groups -OCH3 is 1. The minimum absolute atomic E-state index is 0.137. The quantitative estimate of drug-likeness (QED) is 0.848. The number of terminal acetylenes is 1. The molecule has 0 spiro atoms. The van der Waals surface area contributed by atoms with E-state index in [1.807, 2.05) is 34.6 Å². The summed E-state index contributed by atoms with van der Waals surface area (Å²) < 4.78 is 32.8. The van der Waals surface area contributed by atoms with Gasteiger partial charge in [-0.3, -0.25) is 0 Å². The van der Waals surface area contributed by atoms with Crippen LogP contribution in [-0.2, 0) is 14.8 Å². The Kier molecular flexibility index (Phi) is 5.57. The van der Waals surface area contributed by atoms with Gasteiger partial charge in [0.2, 0.25) is 10.0 Å². The number of sulfonamides is 1. The molecule has 1 atom stereocenters. The Hall–Kier alpha value is -1.35. The number of nitrogens with one attached hydrogen (secondary N) is 1. The molecule has 0 fully saturated rings. The average Bonchev–Trinajstić information content (AvgIpc) is 2.42. The van der Waals surface area contributed by atoms with Crippen molar-refractivity contribution in [3.63, 3.8) is 0 Å². The van der Waals surface area contributed by atoms with E-state index in [1.165, 1.54) is 7.11 Å². The van der Waals surface area contributed by atoms with Crippen molar-refractivity contribution >= 4 is 10.0 Å². The van der Waals surface area contributed by atoms with E-state index in [0.29, 0.717) is 4.90 Å². The molecule has 0 heterocycles. The summed E-state index contributed by atoms with van der Waals surface area (Å²) in [5.74, 6) is 2.39. The Morgan fingerprint density at radius 2 is 1.48 bits per heavy atom. The van der Waals surface area contributed by atoms with Gasteiger partial charge in [0.05, 0.1) is 11.5 Å². The molecule has 116 valence electrons. The van der Waals surface area contributed by atoms with E-state index < -0.39 is 16.1 Å². The SMILES string of the molecule is C#CC(COC)NS(=O)(=O)c1c(C)c(C)c(C)c(C)c1C. The van der Waals surface area contributed by atoms with Gasteiger partial charge in [-0.2, -0.15) is 4.72 Å². The predicted molar refractivity (Wildman–Crippen MR) is 84.9 cm³/mol. The van der Waals surface area contributed by atoms with Crippen LogP contribution in [0.25, 0.3) is 0 Å². The van der Waals surface area contributed by atoms with Gasteiger partial charge in [-0.1, -0.05) is 5.92 Å². The number of ether oxygens (including phenoxy) is 1. The van der Waals surface area contributed by atoms with E-state index in [0.717, 1.165) is 27.8 Å². The summed E-state index contributed by atoms with van der Waals surface area (Å²) in [6.45, 7) is 9.66. The van der Waals surface area contributed by atoms with Crippen LogP contribution in [0, 0.1) is 47.0 Å². The Morgan fingerprint density at radius 1 is 1.05 bits per heavy atom. The second-order valence-corrected chi connectivity index (χ2v) is 6.90. The zero-order chi connectivity index (χ0) is 16.4. The van der Waals surface area contributed by atoms with Crippen molar-refractivity contribution in [3.8, 4) is 12.3 Å². The lowest BCUT2D eigenvalue weighted by Gasteiger charge is -2.20. The molecule has 1 aromatic carbocycles. The van der Waals surface area contributed by atoms with Crippen molar-refractivity contribution in [1.29, 1.82) is 0 Å². The normalized spacial score (nSPS) is 13.0. The fourth-order valence-corrected chi connectivity index (χ4v) is 4.14. The smallest absolute Gasteiger partial charge is 0.242 e. The first-order valence-electron chi connectivity index (χ1n) is 6.71. The van der Waals surface area contributed by atoms with Gasteiger partial charge in [0.1, 0.15) is 6.04 Å². The Morgan fingerprint density at radius 3 is 1.86 bits per heavy atom. The van der Waals surface area contributed by atoms with Crippen LogP contribution < -0.4 is 4.72 Å². The third kappa shape index (κ3) is 3.46. The van der Waals surface area contributed by atoms with Crippen molar-refractivity contribution in [2.24, 2.45) is 0 Å². The summed E-state index contributed by atoms with van der Waals surface area (Å²) >= 11 is 0. The van der Waals surface area contributed by atoms with Gasteiger partial charge in [0.25, 0.3) is 0 Å². The minimum atomic E-state index is -3.69. The van der Waals surface area contributed by atoms with E-state index in [2.05, 4.69) is 10.6 Å². The molecule has 0 saturated heterocycles. The molecule has 4 nitrogen and oxygen atoms in total. The highest BCUT2D eigenvalue weighted by Crippen LogP contribution is 2.29. The second-order valence-electron chi connectivity index (χ2n) is 5.25. The monoisotopic (exact) mass is 309 g/mol. The minimum Gasteiger partial charge on any atom is -0.382 e. The maximum atomic E-state index is 12.7. The Balaban J connectivity index is 3.43. The standard InChI is InChI=1S/C16H23NO3S/c1-8-15(9-20-7)17-21(18,19)16-13(5)11(3)10(2)12(4)14(16)6/h1,15,17H,9H2,2-7H3. The van der Waals surface area contributed by atoms with Crippen molar-refractivity contribution in [2.45, 2.75) is 45.6 Å². The van der Waals surface area contributed by atoms with Gasteiger partial charge in [0.15, 0.2) is 0 Å². The van der Waals surface area contributed by atoms with E-state index in [4.69, 9.17) is 11.2 Å². The summed E-state index contributed by atoms with van der Waals surface area (Å²) in [6, 6.07) is -0.680. The van der Waals surface area contributed by atoms with E-state index >= 15 is 0 Å². The number of benzene rings is 1. The summed E-state index contributed by atoms with van der Waals surface area (Å²) in [4.78, 5) is 0.319. The van der Waals surface area contributed by atoms with Crippen molar-refractivity contribution < 1.29 is 13.2 Å². The highest BCUT2D eigenvalue weighted by atomic mass is 32.2. The summed E-state index contributed by atoms with van der Waals surface area (Å²) in [6.07, 6.45) is 5.35. The van der Waals surface area contributed by atoms with Crippen LogP contribution in [0.2, 0.25) is 0 Å². The van der Waals surface area contributed by atoms with Gasteiger partial charge in [0, 0.05) is 7.11 Å². The number of hydrogen-bond acceptors (Lipinski definition) is 3. The van der Waals surface area contributed by atoms with Crippen LogP contribution >= 0.6 is 0 Å². The highest BCUT2D eigenvalue weighted by molar-refractivity contribution is 7.89. The fraction of sp³-hybridized carbons (Fsp3) is 0.500. The lowest BCUT2D eigenvalue weighted by Crippen LogP contribution is -2.37. The maximum absolute atomic E-state index is 12.7. The Bertz CT molecular complexity index is 655. The molecule has 0 aliphatic rings. The molecule has 5 heteroatoms. The molecule has 0 bridgehead atoms. The molecular formula is C16H23NO3S. The molecule has 1 N–H and O–H groups in total. The lowest BCUT2D eigenvalue weighted by atomic mass is 9.95. The molecule has 0 aliphatic carbocycles. The third-order valence-corrected chi connectivity index (χ3v) is 5.78. The molecule has 0 saturated carbocycles. The second kappa shape index (κ2) is 6.61. The van der Waals surface area contributed by atoms with Gasteiger partial charge in [-0.15, -0.1) is 6.42 Å². The summed E-state index contributed by atoms with van der Waals surface area (Å²) in [5, 5.41) is 0. The zero-order valence-electron chi connectivity index (χ0n) is 13.5. The molecule has 0 radical (unpaired) electrons. The van der Waals surface area contributed by atoms with Crippen molar-refractivity contribution in [3.05, 3.63) is 27.8 Å². The maximum Gasteiger partial charge on any atom is 0.242 e. The van der Waals surface area contributed by atoms with Crippen molar-refractivity contribution in [2.75, 3.05) is 13.7 Å². The van der Waals surface area contributed by atoms with E-state index in [-0.39, 0.29) is 6.61 Å². The largest absolute Gasteiger partial charge is 0.382 e. The van der Waals surface area contributed by atoms with Crippen molar-refractivity contribution in [1.82, 2.24) is 4.72 Å². The fourth-order valence-electron chi connectivity index (χ4n) is 2.40. The summed E-state index contributed by atoms with van der Waals surface area (Å²) in [5.41, 5.74) is 4.62. The predicted octanol–water partition coefficient (Wildman–Crippen LogP) is 2.16. The van der Waals surface area contributed by atoms with Crippen LogP contribution in [0.1, 0.15) is 27.8 Å². The van der Waals surface area contributed by atoms with Crippen LogP contribution in [0.5, 0.6) is 0 Å². The molecule has 21 heavy (non-hydrogen) atoms. The van der Waals surface area contributed by atoms with Gasteiger partial charge < -0.3 is 4.74 Å². The van der Waals surface area contributed by atoms with Gasteiger partial charge in [-0.25, -0.2) is 8.42 Å². The van der Waals surface area contributed by atoms with Crippen LogP contribution in [0.3, 0.4) is 0 Å². The molecule has 1 unspecified atom stereocenters. The molecule has 0 amide bonds. The first-order chi connectivity index (χ1) is 9.67. The molecule has 1 rings (SSSR count). The number of hydrogen-bond donors (Lipinski definition) is 1. The molecule has 1 aromatic rings. The van der Waals surface area contributed by atoms with E-state index in [9.17, 15) is 8.42 Å². The van der Waals surface area contributed by atoms with Gasteiger partial charge >= 0.3 is 0 Å².